The highest BCUT2D eigenvalue weighted by Crippen LogP contribution is 2.31. The van der Waals surface area contributed by atoms with Gasteiger partial charge in [0, 0.05) is 11.3 Å². The Morgan fingerprint density at radius 1 is 1.11 bits per heavy atom. The van der Waals surface area contributed by atoms with Crippen molar-refractivity contribution in [1.82, 2.24) is 0 Å². The minimum absolute atomic E-state index is 0.146. The van der Waals surface area contributed by atoms with Crippen molar-refractivity contribution in [3.63, 3.8) is 0 Å². The number of rotatable bonds is 2. The van der Waals surface area contributed by atoms with Crippen molar-refractivity contribution >= 4 is 5.69 Å². The molecule has 0 spiro atoms. The van der Waals surface area contributed by atoms with Crippen molar-refractivity contribution in [1.29, 1.82) is 0 Å². The van der Waals surface area contributed by atoms with Crippen molar-refractivity contribution in [2.24, 2.45) is 0 Å². The van der Waals surface area contributed by atoms with Crippen LogP contribution < -0.4 is 5.32 Å². The lowest BCUT2D eigenvalue weighted by atomic mass is 9.91. The molecular weight excluding hydrogens is 241 g/mol. The molecule has 0 radical (unpaired) electrons. The predicted molar refractivity (Wildman–Crippen MR) is 73.5 cm³/mol. The summed E-state index contributed by atoms with van der Waals surface area (Å²) in [6.45, 7) is 0. The standard InChI is InChI=1S/C16H16FNO/c17-13-7-3-2-6-12(13)16(19)15-10-9-11-5-1-4-8-14(11)18-15/h1-8,15-16,18-19H,9-10H2. The highest BCUT2D eigenvalue weighted by atomic mass is 19.1. The molecule has 2 atom stereocenters. The molecule has 0 fully saturated rings. The second kappa shape index (κ2) is 5.02. The number of hydrogen-bond donors (Lipinski definition) is 2. The molecule has 3 heteroatoms. The van der Waals surface area contributed by atoms with Crippen LogP contribution in [-0.2, 0) is 6.42 Å². The number of fused-ring (bicyclic) bond motifs is 1. The van der Waals surface area contributed by atoms with Gasteiger partial charge in [0.2, 0.25) is 0 Å². The monoisotopic (exact) mass is 257 g/mol. The van der Waals surface area contributed by atoms with E-state index in [1.54, 1.807) is 18.2 Å². The van der Waals surface area contributed by atoms with E-state index in [0.717, 1.165) is 18.5 Å². The molecule has 2 aromatic rings. The van der Waals surface area contributed by atoms with E-state index in [4.69, 9.17) is 0 Å². The number of nitrogens with one attached hydrogen (secondary N) is 1. The van der Waals surface area contributed by atoms with Crippen molar-refractivity contribution in [2.75, 3.05) is 5.32 Å². The van der Waals surface area contributed by atoms with E-state index < -0.39 is 6.10 Å². The third kappa shape index (κ3) is 2.34. The second-order valence-electron chi connectivity index (χ2n) is 4.91. The zero-order chi connectivity index (χ0) is 13.2. The summed E-state index contributed by atoms with van der Waals surface area (Å²) in [5, 5.41) is 13.7. The fourth-order valence-corrected chi connectivity index (χ4v) is 2.63. The largest absolute Gasteiger partial charge is 0.386 e. The first-order chi connectivity index (χ1) is 9.25. The average Bonchev–Trinajstić information content (AvgIpc) is 2.46. The van der Waals surface area contributed by atoms with Crippen LogP contribution in [0.2, 0.25) is 0 Å². The number of hydrogen-bond acceptors (Lipinski definition) is 2. The van der Waals surface area contributed by atoms with E-state index in [0.29, 0.717) is 5.56 Å². The first kappa shape index (κ1) is 12.2. The summed E-state index contributed by atoms with van der Waals surface area (Å²) in [5.74, 6) is -0.351. The Kier molecular flexibility index (Phi) is 3.22. The Morgan fingerprint density at radius 2 is 1.84 bits per heavy atom. The molecule has 0 amide bonds. The summed E-state index contributed by atoms with van der Waals surface area (Å²) in [6, 6.07) is 14.3. The number of benzene rings is 2. The molecule has 1 aliphatic heterocycles. The van der Waals surface area contributed by atoms with Crippen LogP contribution >= 0.6 is 0 Å². The molecule has 2 unspecified atom stereocenters. The summed E-state index contributed by atoms with van der Waals surface area (Å²) in [6.07, 6.45) is 0.876. The van der Waals surface area contributed by atoms with Gasteiger partial charge in [-0.15, -0.1) is 0 Å². The number of halogens is 1. The number of anilines is 1. The van der Waals surface area contributed by atoms with Gasteiger partial charge in [0.05, 0.1) is 6.04 Å². The van der Waals surface area contributed by atoms with E-state index in [1.807, 2.05) is 18.2 Å². The Hall–Kier alpha value is -1.87. The lowest BCUT2D eigenvalue weighted by Gasteiger charge is -2.31. The molecule has 0 saturated carbocycles. The van der Waals surface area contributed by atoms with Crippen LogP contribution in [0.4, 0.5) is 10.1 Å². The minimum Gasteiger partial charge on any atom is -0.386 e. The van der Waals surface area contributed by atoms with Crippen LogP contribution in [0.1, 0.15) is 23.7 Å². The average molecular weight is 257 g/mol. The minimum atomic E-state index is -0.824. The Labute approximate surface area is 111 Å². The molecule has 2 nitrogen and oxygen atoms in total. The van der Waals surface area contributed by atoms with Gasteiger partial charge in [-0.25, -0.2) is 4.39 Å². The molecule has 2 N–H and O–H groups in total. The van der Waals surface area contributed by atoms with Crippen LogP contribution in [0.3, 0.4) is 0 Å². The predicted octanol–water partition coefficient (Wildman–Crippen LogP) is 3.29. The van der Waals surface area contributed by atoms with Gasteiger partial charge in [-0.05, 0) is 30.5 Å². The van der Waals surface area contributed by atoms with Crippen molar-refractivity contribution < 1.29 is 9.50 Å². The third-order valence-corrected chi connectivity index (χ3v) is 3.69. The highest BCUT2D eigenvalue weighted by Gasteiger charge is 2.26. The van der Waals surface area contributed by atoms with Gasteiger partial charge in [0.15, 0.2) is 0 Å². The quantitative estimate of drug-likeness (QED) is 0.865. The van der Waals surface area contributed by atoms with Gasteiger partial charge in [-0.1, -0.05) is 36.4 Å². The normalized spacial score (nSPS) is 19.4. The van der Waals surface area contributed by atoms with E-state index in [9.17, 15) is 9.50 Å². The summed E-state index contributed by atoms with van der Waals surface area (Å²) < 4.78 is 13.7. The maximum absolute atomic E-state index is 13.7. The van der Waals surface area contributed by atoms with Crippen LogP contribution in [0.5, 0.6) is 0 Å². The number of aryl methyl sites for hydroxylation is 1. The number of para-hydroxylation sites is 1. The highest BCUT2D eigenvalue weighted by molar-refractivity contribution is 5.54. The Morgan fingerprint density at radius 3 is 2.68 bits per heavy atom. The van der Waals surface area contributed by atoms with Gasteiger partial charge in [-0.2, -0.15) is 0 Å². The van der Waals surface area contributed by atoms with Crippen LogP contribution in [0.15, 0.2) is 48.5 Å². The first-order valence-corrected chi connectivity index (χ1v) is 6.52. The Bertz CT molecular complexity index is 584. The molecule has 98 valence electrons. The molecule has 0 bridgehead atoms. The molecule has 0 aliphatic carbocycles. The smallest absolute Gasteiger partial charge is 0.129 e. The fraction of sp³-hybridized carbons (Fsp3) is 0.250. The molecule has 2 aromatic carbocycles. The molecular formula is C16H16FNO. The SMILES string of the molecule is OC(c1ccccc1F)C1CCc2ccccc2N1. The summed E-state index contributed by atoms with van der Waals surface area (Å²) >= 11 is 0. The maximum Gasteiger partial charge on any atom is 0.129 e. The Balaban J connectivity index is 1.83. The zero-order valence-electron chi connectivity index (χ0n) is 10.5. The lowest BCUT2D eigenvalue weighted by Crippen LogP contribution is -2.32. The van der Waals surface area contributed by atoms with Gasteiger partial charge >= 0.3 is 0 Å². The van der Waals surface area contributed by atoms with E-state index in [1.165, 1.54) is 11.6 Å². The fourth-order valence-electron chi connectivity index (χ4n) is 2.63. The molecule has 19 heavy (non-hydrogen) atoms. The summed E-state index contributed by atoms with van der Waals surface area (Å²) in [5.41, 5.74) is 2.65. The van der Waals surface area contributed by atoms with Crippen LogP contribution in [0.25, 0.3) is 0 Å². The van der Waals surface area contributed by atoms with Crippen molar-refractivity contribution in [3.8, 4) is 0 Å². The molecule has 0 saturated heterocycles. The van der Waals surface area contributed by atoms with Crippen molar-refractivity contribution in [3.05, 3.63) is 65.5 Å². The molecule has 1 aliphatic rings. The lowest BCUT2D eigenvalue weighted by molar-refractivity contribution is 0.144. The summed E-state index contributed by atoms with van der Waals surface area (Å²) in [4.78, 5) is 0. The van der Waals surface area contributed by atoms with Gasteiger partial charge in [0.25, 0.3) is 0 Å². The van der Waals surface area contributed by atoms with Crippen LogP contribution in [-0.4, -0.2) is 11.1 Å². The number of aliphatic hydroxyl groups excluding tert-OH is 1. The third-order valence-electron chi connectivity index (χ3n) is 3.69. The summed E-state index contributed by atoms with van der Waals surface area (Å²) in [7, 11) is 0. The maximum atomic E-state index is 13.7. The number of aliphatic hydroxyl groups is 1. The van der Waals surface area contributed by atoms with E-state index in [2.05, 4.69) is 11.4 Å². The molecule has 0 aromatic heterocycles. The topological polar surface area (TPSA) is 32.3 Å². The molecule has 3 rings (SSSR count). The van der Waals surface area contributed by atoms with Gasteiger partial charge < -0.3 is 10.4 Å². The zero-order valence-corrected chi connectivity index (χ0v) is 10.5. The van der Waals surface area contributed by atoms with Crippen LogP contribution in [0, 0.1) is 5.82 Å². The van der Waals surface area contributed by atoms with Gasteiger partial charge in [-0.3, -0.25) is 0 Å². The second-order valence-corrected chi connectivity index (χ2v) is 4.91. The van der Waals surface area contributed by atoms with E-state index >= 15 is 0 Å². The first-order valence-electron chi connectivity index (χ1n) is 6.52. The van der Waals surface area contributed by atoms with Crippen molar-refractivity contribution in [2.45, 2.75) is 25.0 Å². The van der Waals surface area contributed by atoms with Gasteiger partial charge in [0.1, 0.15) is 11.9 Å². The molecule has 1 heterocycles. The van der Waals surface area contributed by atoms with E-state index in [-0.39, 0.29) is 11.9 Å².